The Morgan fingerprint density at radius 2 is 1.92 bits per heavy atom. The molecule has 0 fully saturated rings. The lowest BCUT2D eigenvalue weighted by Crippen LogP contribution is -2.16. The average Bonchev–Trinajstić information content (AvgIpc) is 2.05. The maximum absolute atomic E-state index is 5.22. The minimum Gasteiger partial charge on any atom is -0.384 e. The zero-order valence-corrected chi connectivity index (χ0v) is 8.80. The third kappa shape index (κ3) is 5.56. The summed E-state index contributed by atoms with van der Waals surface area (Å²) in [6.07, 6.45) is 3.93. The minimum absolute atomic E-state index is 0.358. The van der Waals surface area contributed by atoms with E-state index in [1.165, 1.54) is 12.8 Å². The lowest BCUT2D eigenvalue weighted by Gasteiger charge is -2.18. The lowest BCUT2D eigenvalue weighted by molar-refractivity contribution is 0.0669. The molecule has 0 N–H and O–H groups in total. The molecule has 0 saturated heterocycles. The topological polar surface area (TPSA) is 18.5 Å². The van der Waals surface area contributed by atoms with E-state index in [9.17, 15) is 0 Å². The molecular weight excluding hydrogens is 152 g/mol. The van der Waals surface area contributed by atoms with Crippen molar-refractivity contribution in [3.05, 3.63) is 0 Å². The molecule has 0 heterocycles. The Bertz CT molecular complexity index is 87.8. The lowest BCUT2D eigenvalue weighted by atomic mass is 9.98. The highest BCUT2D eigenvalue weighted by atomic mass is 16.5. The molecular formula is C10H22O2. The second-order valence-electron chi connectivity index (χ2n) is 3.39. The maximum Gasteiger partial charge on any atom is 0.0546 e. The van der Waals surface area contributed by atoms with Gasteiger partial charge in [0.2, 0.25) is 0 Å². The van der Waals surface area contributed by atoms with Gasteiger partial charge in [-0.25, -0.2) is 0 Å². The summed E-state index contributed by atoms with van der Waals surface area (Å²) in [6, 6.07) is 0. The van der Waals surface area contributed by atoms with Crippen LogP contribution in [0.1, 0.15) is 33.1 Å². The summed E-state index contributed by atoms with van der Waals surface area (Å²) in [7, 11) is 3.53. The van der Waals surface area contributed by atoms with Gasteiger partial charge >= 0.3 is 0 Å². The van der Waals surface area contributed by atoms with Crippen molar-refractivity contribution in [2.75, 3.05) is 20.8 Å². The van der Waals surface area contributed by atoms with Crippen molar-refractivity contribution in [3.63, 3.8) is 0 Å². The van der Waals surface area contributed by atoms with Gasteiger partial charge < -0.3 is 9.47 Å². The molecule has 0 rings (SSSR count). The number of hydrogen-bond donors (Lipinski definition) is 0. The molecule has 0 bridgehead atoms. The van der Waals surface area contributed by atoms with Crippen molar-refractivity contribution < 1.29 is 9.47 Å². The SMILES string of the molecule is CCCC(COC)CC(C)OC. The van der Waals surface area contributed by atoms with E-state index in [-0.39, 0.29) is 0 Å². The van der Waals surface area contributed by atoms with Crippen LogP contribution in [0, 0.1) is 5.92 Å². The Balaban J connectivity index is 3.61. The molecule has 12 heavy (non-hydrogen) atoms. The van der Waals surface area contributed by atoms with Crippen molar-refractivity contribution in [3.8, 4) is 0 Å². The van der Waals surface area contributed by atoms with Crippen molar-refractivity contribution in [1.82, 2.24) is 0 Å². The first-order valence-corrected chi connectivity index (χ1v) is 4.76. The van der Waals surface area contributed by atoms with Gasteiger partial charge in [-0.05, 0) is 25.7 Å². The molecule has 74 valence electrons. The standard InChI is InChI=1S/C10H22O2/c1-5-6-10(8-11-3)7-9(2)12-4/h9-10H,5-8H2,1-4H3. The van der Waals surface area contributed by atoms with E-state index in [0.717, 1.165) is 13.0 Å². The fourth-order valence-electron chi connectivity index (χ4n) is 1.48. The molecule has 0 radical (unpaired) electrons. The first kappa shape index (κ1) is 11.9. The molecule has 0 aromatic carbocycles. The molecule has 0 aliphatic rings. The van der Waals surface area contributed by atoms with Crippen LogP contribution in [0.3, 0.4) is 0 Å². The summed E-state index contributed by atoms with van der Waals surface area (Å²) in [5, 5.41) is 0. The highest BCUT2D eigenvalue weighted by molar-refractivity contribution is 4.62. The van der Waals surface area contributed by atoms with Crippen LogP contribution in [0.25, 0.3) is 0 Å². The monoisotopic (exact) mass is 174 g/mol. The second kappa shape index (κ2) is 7.56. The van der Waals surface area contributed by atoms with Gasteiger partial charge in [0.25, 0.3) is 0 Å². The van der Waals surface area contributed by atoms with Crippen LogP contribution >= 0.6 is 0 Å². The van der Waals surface area contributed by atoms with Gasteiger partial charge in [-0.2, -0.15) is 0 Å². The summed E-state index contributed by atoms with van der Waals surface area (Å²) < 4.78 is 10.4. The first-order valence-electron chi connectivity index (χ1n) is 4.76. The summed E-state index contributed by atoms with van der Waals surface area (Å²) in [6.45, 7) is 5.18. The van der Waals surface area contributed by atoms with Crippen molar-refractivity contribution >= 4 is 0 Å². The quantitative estimate of drug-likeness (QED) is 0.590. The summed E-state index contributed by atoms with van der Waals surface area (Å²) in [5.74, 6) is 0.662. The predicted molar refractivity (Wildman–Crippen MR) is 51.4 cm³/mol. The second-order valence-corrected chi connectivity index (χ2v) is 3.39. The molecule has 2 atom stereocenters. The zero-order valence-electron chi connectivity index (χ0n) is 8.80. The molecule has 0 aromatic rings. The molecule has 0 aliphatic carbocycles. The smallest absolute Gasteiger partial charge is 0.0546 e. The van der Waals surface area contributed by atoms with Gasteiger partial charge in [0, 0.05) is 20.8 Å². The molecule has 2 unspecified atom stereocenters. The van der Waals surface area contributed by atoms with Gasteiger partial charge in [-0.15, -0.1) is 0 Å². The van der Waals surface area contributed by atoms with Gasteiger partial charge in [0.1, 0.15) is 0 Å². The van der Waals surface area contributed by atoms with Crippen LogP contribution < -0.4 is 0 Å². The van der Waals surface area contributed by atoms with Gasteiger partial charge in [-0.3, -0.25) is 0 Å². The molecule has 0 aromatic heterocycles. The normalized spacial score (nSPS) is 16.0. The van der Waals surface area contributed by atoms with Gasteiger partial charge in [-0.1, -0.05) is 13.3 Å². The van der Waals surface area contributed by atoms with Crippen LogP contribution in [-0.4, -0.2) is 26.9 Å². The third-order valence-corrected chi connectivity index (χ3v) is 2.17. The van der Waals surface area contributed by atoms with Crippen LogP contribution in [0.4, 0.5) is 0 Å². The van der Waals surface area contributed by atoms with E-state index >= 15 is 0 Å². The number of ether oxygens (including phenoxy) is 2. The first-order chi connectivity index (χ1) is 5.74. The van der Waals surface area contributed by atoms with Crippen molar-refractivity contribution in [2.24, 2.45) is 5.92 Å². The molecule has 0 amide bonds. The Morgan fingerprint density at radius 1 is 1.25 bits per heavy atom. The highest BCUT2D eigenvalue weighted by Gasteiger charge is 2.11. The Morgan fingerprint density at radius 3 is 2.33 bits per heavy atom. The minimum atomic E-state index is 0.358. The molecule has 0 saturated carbocycles. The van der Waals surface area contributed by atoms with E-state index in [2.05, 4.69) is 13.8 Å². The van der Waals surface area contributed by atoms with Crippen LogP contribution in [-0.2, 0) is 9.47 Å². The number of methoxy groups -OCH3 is 2. The number of hydrogen-bond acceptors (Lipinski definition) is 2. The highest BCUT2D eigenvalue weighted by Crippen LogP contribution is 2.15. The van der Waals surface area contributed by atoms with Crippen LogP contribution in [0.2, 0.25) is 0 Å². The molecule has 2 heteroatoms. The van der Waals surface area contributed by atoms with E-state index in [1.807, 2.05) is 0 Å². The van der Waals surface area contributed by atoms with E-state index in [4.69, 9.17) is 9.47 Å². The summed E-state index contributed by atoms with van der Waals surface area (Å²) >= 11 is 0. The molecule has 2 nitrogen and oxygen atoms in total. The summed E-state index contributed by atoms with van der Waals surface area (Å²) in [5.41, 5.74) is 0. The van der Waals surface area contributed by atoms with Crippen LogP contribution in [0.5, 0.6) is 0 Å². The largest absolute Gasteiger partial charge is 0.384 e. The van der Waals surface area contributed by atoms with Crippen LogP contribution in [0.15, 0.2) is 0 Å². The molecule has 0 aliphatic heterocycles. The predicted octanol–water partition coefficient (Wildman–Crippen LogP) is 2.47. The van der Waals surface area contributed by atoms with Gasteiger partial charge in [0.15, 0.2) is 0 Å². The van der Waals surface area contributed by atoms with E-state index < -0.39 is 0 Å². The number of rotatable bonds is 7. The fraction of sp³-hybridized carbons (Fsp3) is 1.00. The Hall–Kier alpha value is -0.0800. The van der Waals surface area contributed by atoms with Gasteiger partial charge in [0.05, 0.1) is 6.10 Å². The van der Waals surface area contributed by atoms with Crippen molar-refractivity contribution in [2.45, 2.75) is 39.2 Å². The third-order valence-electron chi connectivity index (χ3n) is 2.17. The van der Waals surface area contributed by atoms with Crippen molar-refractivity contribution in [1.29, 1.82) is 0 Å². The zero-order chi connectivity index (χ0) is 9.40. The van der Waals surface area contributed by atoms with E-state index in [0.29, 0.717) is 12.0 Å². The Labute approximate surface area is 76.3 Å². The Kier molecular flexibility index (Phi) is 7.51. The fourth-order valence-corrected chi connectivity index (χ4v) is 1.48. The molecule has 0 spiro atoms. The maximum atomic E-state index is 5.22. The summed E-state index contributed by atoms with van der Waals surface area (Å²) in [4.78, 5) is 0. The average molecular weight is 174 g/mol. The van der Waals surface area contributed by atoms with E-state index in [1.54, 1.807) is 14.2 Å².